The second-order valence-electron chi connectivity index (χ2n) is 10.1. The van der Waals surface area contributed by atoms with E-state index in [9.17, 15) is 9.90 Å². The van der Waals surface area contributed by atoms with Crippen molar-refractivity contribution in [3.8, 4) is 5.75 Å². The quantitative estimate of drug-likeness (QED) is 0.340. The maximum Gasteiger partial charge on any atom is 0.203 e. The molecule has 0 atom stereocenters. The minimum atomic E-state index is -0.311. The Balaban J connectivity index is 0.00000363. The van der Waals surface area contributed by atoms with Gasteiger partial charge in [-0.2, -0.15) is 0 Å². The molecule has 0 bridgehead atoms. The minimum Gasteiger partial charge on any atom is -0.507 e. The number of nitrogens with zero attached hydrogens (tertiary/aromatic N) is 2. The predicted molar refractivity (Wildman–Crippen MR) is 136 cm³/mol. The van der Waals surface area contributed by atoms with E-state index in [0.29, 0.717) is 12.1 Å². The van der Waals surface area contributed by atoms with E-state index < -0.39 is 0 Å². The number of aromatic nitrogens is 2. The zero-order valence-electron chi connectivity index (χ0n) is 19.8. The Kier molecular flexibility index (Phi) is 7.30. The number of carbonyl (C=O) groups is 1. The third kappa shape index (κ3) is 4.75. The van der Waals surface area contributed by atoms with Crippen molar-refractivity contribution in [2.24, 2.45) is 0 Å². The lowest BCUT2D eigenvalue weighted by Gasteiger charge is -2.28. The lowest BCUT2D eigenvalue weighted by molar-refractivity contribution is 0.0971. The van der Waals surface area contributed by atoms with Crippen molar-refractivity contribution < 1.29 is 9.90 Å². The summed E-state index contributed by atoms with van der Waals surface area (Å²) in [7, 11) is 0. The second-order valence-corrected chi connectivity index (χ2v) is 10.1. The van der Waals surface area contributed by atoms with Crippen molar-refractivity contribution in [3.63, 3.8) is 0 Å². The van der Waals surface area contributed by atoms with Crippen LogP contribution in [0.15, 0.2) is 49.1 Å². The Bertz CT molecular complexity index is 1190. The first-order valence-electron chi connectivity index (χ1n) is 10.6. The predicted octanol–water partition coefficient (Wildman–Crippen LogP) is 5.87. The van der Waals surface area contributed by atoms with Gasteiger partial charge in [0.25, 0.3) is 0 Å². The highest BCUT2D eigenvalue weighted by molar-refractivity contribution is 8.93. The molecular weight excluding hydrogens is 466 g/mol. The zero-order chi connectivity index (χ0) is 23.1. The normalized spacial score (nSPS) is 11.9. The number of imidazole rings is 1. The molecule has 0 saturated heterocycles. The highest BCUT2D eigenvalue weighted by atomic mass is 79.9. The van der Waals surface area contributed by atoms with Gasteiger partial charge in [0.05, 0.1) is 17.6 Å². The van der Waals surface area contributed by atoms with Crippen molar-refractivity contribution in [1.82, 2.24) is 9.13 Å². The molecule has 2 aromatic carbocycles. The van der Waals surface area contributed by atoms with Crippen LogP contribution in [-0.4, -0.2) is 20.0 Å². The molecule has 0 radical (unpaired) electrons. The molecular formula is C26H34BrN3O2. The van der Waals surface area contributed by atoms with Crippen molar-refractivity contribution in [1.29, 1.82) is 5.41 Å². The van der Waals surface area contributed by atoms with E-state index in [0.717, 1.165) is 22.2 Å². The van der Waals surface area contributed by atoms with Gasteiger partial charge in [-0.3, -0.25) is 10.2 Å². The van der Waals surface area contributed by atoms with Gasteiger partial charge in [0.15, 0.2) is 5.78 Å². The molecule has 0 saturated carbocycles. The molecule has 1 aromatic heterocycles. The van der Waals surface area contributed by atoms with Gasteiger partial charge in [0.2, 0.25) is 5.62 Å². The molecule has 32 heavy (non-hydrogen) atoms. The standard InChI is InChI=1S/C26H33N3O2.BrH/c1-8-13-28-20-11-9-10-12-21(20)29(24(28)27)16-22(30)17-14-18(25(2,3)4)23(31)19(15-17)26(5,6)7;/h8-12,14-15,27,31H,1,13,16H2,2-7H3;1H. The molecule has 172 valence electrons. The van der Waals surface area contributed by atoms with Crippen LogP contribution < -0.4 is 5.62 Å². The first-order valence-corrected chi connectivity index (χ1v) is 10.6. The third-order valence-corrected chi connectivity index (χ3v) is 5.64. The van der Waals surface area contributed by atoms with Crippen LogP contribution in [0, 0.1) is 5.41 Å². The number of aromatic hydroxyl groups is 1. The molecule has 3 aromatic rings. The molecule has 6 heteroatoms. The van der Waals surface area contributed by atoms with Crippen molar-refractivity contribution in [2.75, 3.05) is 0 Å². The van der Waals surface area contributed by atoms with Crippen molar-refractivity contribution in [3.05, 3.63) is 71.4 Å². The maximum atomic E-state index is 13.4. The summed E-state index contributed by atoms with van der Waals surface area (Å²) in [4.78, 5) is 13.4. The van der Waals surface area contributed by atoms with Crippen LogP contribution in [-0.2, 0) is 23.9 Å². The van der Waals surface area contributed by atoms with Gasteiger partial charge >= 0.3 is 0 Å². The number of phenols is 1. The summed E-state index contributed by atoms with van der Waals surface area (Å²) < 4.78 is 3.58. The average Bonchev–Trinajstić information content (AvgIpc) is 2.92. The SMILES string of the molecule is Br.C=CCn1c(=N)n(CC(=O)c2cc(C(C)(C)C)c(O)c(C(C)(C)C)c2)c2ccccc21. The minimum absolute atomic E-state index is 0. The monoisotopic (exact) mass is 499 g/mol. The van der Waals surface area contributed by atoms with Gasteiger partial charge in [0, 0.05) is 23.2 Å². The van der Waals surface area contributed by atoms with Gasteiger partial charge in [0.1, 0.15) is 5.75 Å². The largest absolute Gasteiger partial charge is 0.507 e. The van der Waals surface area contributed by atoms with E-state index in [1.54, 1.807) is 22.8 Å². The summed E-state index contributed by atoms with van der Waals surface area (Å²) in [6, 6.07) is 11.3. The number of halogens is 1. The second kappa shape index (κ2) is 9.10. The number of benzene rings is 2. The number of carbonyl (C=O) groups excluding carboxylic acids is 1. The van der Waals surface area contributed by atoms with Gasteiger partial charge in [-0.15, -0.1) is 23.6 Å². The molecule has 5 nitrogen and oxygen atoms in total. The smallest absolute Gasteiger partial charge is 0.203 e. The molecule has 0 amide bonds. The van der Waals surface area contributed by atoms with Crippen LogP contribution >= 0.6 is 17.0 Å². The molecule has 1 heterocycles. The maximum absolute atomic E-state index is 13.4. The zero-order valence-corrected chi connectivity index (χ0v) is 21.5. The molecule has 0 aliphatic rings. The Morgan fingerprint density at radius 1 is 1.00 bits per heavy atom. The first-order chi connectivity index (χ1) is 14.4. The Morgan fingerprint density at radius 3 is 1.91 bits per heavy atom. The topological polar surface area (TPSA) is 71.0 Å². The lowest BCUT2D eigenvalue weighted by atomic mass is 9.78. The Morgan fingerprint density at radius 2 is 1.47 bits per heavy atom. The van der Waals surface area contributed by atoms with Crippen molar-refractivity contribution >= 4 is 33.8 Å². The Labute approximate surface area is 200 Å². The molecule has 3 rings (SSSR count). The van der Waals surface area contributed by atoms with Gasteiger partial charge < -0.3 is 14.2 Å². The van der Waals surface area contributed by atoms with Crippen LogP contribution in [0.1, 0.15) is 63.0 Å². The molecule has 0 spiro atoms. The fourth-order valence-corrected chi connectivity index (χ4v) is 3.94. The summed E-state index contributed by atoms with van der Waals surface area (Å²) in [6.45, 7) is 16.5. The van der Waals surface area contributed by atoms with Crippen LogP contribution in [0.5, 0.6) is 5.75 Å². The van der Waals surface area contributed by atoms with E-state index in [2.05, 4.69) is 6.58 Å². The van der Waals surface area contributed by atoms with E-state index in [-0.39, 0.29) is 51.5 Å². The molecule has 0 unspecified atom stereocenters. The lowest BCUT2D eigenvalue weighted by Crippen LogP contribution is -2.27. The highest BCUT2D eigenvalue weighted by Crippen LogP contribution is 2.39. The summed E-state index contributed by atoms with van der Waals surface area (Å²) in [6.07, 6.45) is 1.75. The molecule has 2 N–H and O–H groups in total. The number of para-hydroxylation sites is 2. The van der Waals surface area contributed by atoms with Gasteiger partial charge in [-0.1, -0.05) is 59.8 Å². The van der Waals surface area contributed by atoms with Crippen LogP contribution in [0.4, 0.5) is 0 Å². The van der Waals surface area contributed by atoms with E-state index in [1.165, 1.54) is 0 Å². The van der Waals surface area contributed by atoms with Gasteiger partial charge in [-0.25, -0.2) is 0 Å². The highest BCUT2D eigenvalue weighted by Gasteiger charge is 2.28. The summed E-state index contributed by atoms with van der Waals surface area (Å²) in [5.74, 6) is 0.170. The summed E-state index contributed by atoms with van der Waals surface area (Å²) >= 11 is 0. The number of hydrogen-bond acceptors (Lipinski definition) is 3. The number of nitrogens with one attached hydrogen (secondary N) is 1. The summed E-state index contributed by atoms with van der Waals surface area (Å²) in [5.41, 5.74) is 3.45. The molecule has 0 aliphatic heterocycles. The van der Waals surface area contributed by atoms with E-state index in [1.807, 2.05) is 70.4 Å². The van der Waals surface area contributed by atoms with E-state index >= 15 is 0 Å². The molecule has 0 aliphatic carbocycles. The fourth-order valence-electron chi connectivity index (χ4n) is 3.94. The third-order valence-electron chi connectivity index (χ3n) is 5.64. The summed E-state index contributed by atoms with van der Waals surface area (Å²) in [5, 5.41) is 19.6. The van der Waals surface area contributed by atoms with Crippen molar-refractivity contribution in [2.45, 2.75) is 65.5 Å². The number of phenolic OH excluding ortho intramolecular Hbond substituents is 1. The van der Waals surface area contributed by atoms with Crippen LogP contribution in [0.3, 0.4) is 0 Å². The number of Topliss-reactive ketones (excluding diaryl/α,β-unsaturated/α-hetero) is 1. The Hall–Kier alpha value is -2.60. The number of hydrogen-bond donors (Lipinski definition) is 2. The number of ketones is 1. The fraction of sp³-hybridized carbons (Fsp3) is 0.385. The van der Waals surface area contributed by atoms with Crippen LogP contribution in [0.2, 0.25) is 0 Å². The van der Waals surface area contributed by atoms with Gasteiger partial charge in [-0.05, 0) is 35.1 Å². The number of fused-ring (bicyclic) bond motifs is 1. The van der Waals surface area contributed by atoms with Crippen LogP contribution in [0.25, 0.3) is 11.0 Å². The van der Waals surface area contributed by atoms with E-state index in [4.69, 9.17) is 5.41 Å². The average molecular weight is 500 g/mol. The number of rotatable bonds is 5. The number of allylic oxidation sites excluding steroid dienone is 1. The first kappa shape index (κ1) is 25.7. The molecule has 0 fully saturated rings.